The first-order valence-corrected chi connectivity index (χ1v) is 7.14. The van der Waals surface area contributed by atoms with E-state index in [1.807, 2.05) is 6.92 Å². The maximum Gasteiger partial charge on any atom is 0.227 e. The second kappa shape index (κ2) is 6.00. The van der Waals surface area contributed by atoms with Crippen LogP contribution in [-0.2, 0) is 16.1 Å². The molecular formula is C11H12Cl2N4OS. The fraction of sp³-hybridized carbons (Fsp3) is 0.364. The number of carbonyl (C=O) groups excluding carboxylic acids is 1. The molecule has 102 valence electrons. The first kappa shape index (κ1) is 14.5. The number of carbonyl (C=O) groups is 1. The molecule has 0 saturated carbocycles. The predicted octanol–water partition coefficient (Wildman–Crippen LogP) is 3.64. The number of benzene rings is 1. The Labute approximate surface area is 124 Å². The standard InChI is InChI=1S/C11H12Cl2N4OS/c1-5(2-3-14)11(18)15-8-6(12)4-7(13)9-10(8)17-19-16-9/h4-5H,2-3,14H2,1H3,(H,15,18). The van der Waals surface area contributed by atoms with Gasteiger partial charge >= 0.3 is 0 Å². The van der Waals surface area contributed by atoms with Crippen LogP contribution in [0.25, 0.3) is 0 Å². The van der Waals surface area contributed by atoms with Gasteiger partial charge in [0, 0.05) is 5.92 Å². The molecule has 1 aliphatic rings. The molecule has 0 aromatic heterocycles. The summed E-state index contributed by atoms with van der Waals surface area (Å²) in [6.07, 6.45) is 0.607. The van der Waals surface area contributed by atoms with Gasteiger partial charge in [-0.1, -0.05) is 30.1 Å². The zero-order valence-electron chi connectivity index (χ0n) is 10.1. The molecule has 19 heavy (non-hydrogen) atoms. The van der Waals surface area contributed by atoms with Gasteiger partial charge in [0.25, 0.3) is 0 Å². The minimum Gasteiger partial charge on any atom is -0.330 e. The summed E-state index contributed by atoms with van der Waals surface area (Å²) < 4.78 is 8.20. The Balaban J connectivity index is 2.30. The van der Waals surface area contributed by atoms with Crippen LogP contribution in [0.15, 0.2) is 14.8 Å². The molecule has 0 aliphatic carbocycles. The average Bonchev–Trinajstić information content (AvgIpc) is 2.84. The highest BCUT2D eigenvalue weighted by molar-refractivity contribution is 7.58. The Morgan fingerprint density at radius 3 is 2.79 bits per heavy atom. The van der Waals surface area contributed by atoms with E-state index in [4.69, 9.17) is 28.9 Å². The van der Waals surface area contributed by atoms with Crippen LogP contribution in [0.5, 0.6) is 0 Å². The number of nitrogens with one attached hydrogen (secondary N) is 1. The molecule has 5 nitrogen and oxygen atoms in total. The van der Waals surface area contributed by atoms with Crippen molar-refractivity contribution in [2.24, 2.45) is 20.4 Å². The number of nitrogens with zero attached hydrogens (tertiary/aromatic N) is 2. The fourth-order valence-corrected chi connectivity index (χ4v) is 2.78. The summed E-state index contributed by atoms with van der Waals surface area (Å²) in [5.41, 5.74) is 6.94. The van der Waals surface area contributed by atoms with E-state index < -0.39 is 0 Å². The summed E-state index contributed by atoms with van der Waals surface area (Å²) in [5.74, 6) is -0.345. The van der Waals surface area contributed by atoms with E-state index in [1.54, 1.807) is 6.07 Å². The molecule has 0 spiro atoms. The Morgan fingerprint density at radius 2 is 2.11 bits per heavy atom. The Morgan fingerprint density at radius 1 is 1.42 bits per heavy atom. The van der Waals surface area contributed by atoms with Crippen LogP contribution in [0.1, 0.15) is 13.3 Å². The van der Waals surface area contributed by atoms with Crippen molar-refractivity contribution in [2.45, 2.75) is 13.3 Å². The number of amides is 1. The van der Waals surface area contributed by atoms with Gasteiger partial charge in [0.2, 0.25) is 5.91 Å². The van der Waals surface area contributed by atoms with E-state index in [1.165, 1.54) is 0 Å². The third kappa shape index (κ3) is 2.97. The van der Waals surface area contributed by atoms with Crippen molar-refractivity contribution >= 4 is 57.5 Å². The summed E-state index contributed by atoms with van der Waals surface area (Å²) in [7, 11) is 0. The molecule has 0 fully saturated rings. The lowest BCUT2D eigenvalue weighted by Crippen LogP contribution is -2.22. The molecule has 0 bridgehead atoms. The number of hydrogen-bond donors (Lipinski definition) is 2. The van der Waals surface area contributed by atoms with Crippen LogP contribution < -0.4 is 11.1 Å². The molecule has 1 aromatic rings. The Bertz CT molecular complexity index is 599. The largest absolute Gasteiger partial charge is 0.330 e. The van der Waals surface area contributed by atoms with Gasteiger partial charge in [-0.15, -0.1) is 0 Å². The molecular weight excluding hydrogens is 307 g/mol. The number of hydrogen-bond acceptors (Lipinski definition) is 4. The Hall–Kier alpha value is -0.950. The van der Waals surface area contributed by atoms with Crippen LogP contribution in [0.4, 0.5) is 17.1 Å². The summed E-state index contributed by atoms with van der Waals surface area (Å²) >= 11 is 13.1. The molecule has 2 rings (SSSR count). The summed E-state index contributed by atoms with van der Waals surface area (Å²) in [6, 6.07) is 1.55. The highest BCUT2D eigenvalue weighted by atomic mass is 35.5. The zero-order valence-corrected chi connectivity index (χ0v) is 12.4. The lowest BCUT2D eigenvalue weighted by Gasteiger charge is -2.14. The molecule has 0 radical (unpaired) electrons. The van der Waals surface area contributed by atoms with Crippen LogP contribution in [0.3, 0.4) is 0 Å². The molecule has 1 heterocycles. The maximum atomic E-state index is 12.0. The highest BCUT2D eigenvalue weighted by Crippen LogP contribution is 2.47. The number of fused-ring (bicyclic) bond motifs is 1. The Kier molecular flexibility index (Phi) is 4.57. The maximum absolute atomic E-state index is 12.0. The first-order valence-electron chi connectivity index (χ1n) is 5.65. The van der Waals surface area contributed by atoms with Crippen molar-refractivity contribution in [3.8, 4) is 0 Å². The van der Waals surface area contributed by atoms with E-state index in [2.05, 4.69) is 14.0 Å². The topological polar surface area (TPSA) is 79.8 Å². The smallest absolute Gasteiger partial charge is 0.227 e. The average molecular weight is 319 g/mol. The van der Waals surface area contributed by atoms with E-state index in [0.29, 0.717) is 40.1 Å². The monoisotopic (exact) mass is 318 g/mol. The van der Waals surface area contributed by atoms with Crippen LogP contribution >= 0.6 is 23.2 Å². The normalized spacial score (nSPS) is 13.9. The van der Waals surface area contributed by atoms with Crippen molar-refractivity contribution in [2.75, 3.05) is 11.9 Å². The molecule has 1 aliphatic heterocycles. The summed E-state index contributed by atoms with van der Waals surface area (Å²) in [5, 5.41) is 3.53. The zero-order chi connectivity index (χ0) is 14.0. The van der Waals surface area contributed by atoms with Crippen molar-refractivity contribution in [3.05, 3.63) is 16.1 Å². The van der Waals surface area contributed by atoms with E-state index in [9.17, 15) is 4.79 Å². The molecule has 8 heteroatoms. The van der Waals surface area contributed by atoms with Crippen LogP contribution in [0, 0.1) is 5.92 Å². The third-order valence-electron chi connectivity index (χ3n) is 2.74. The molecule has 1 unspecified atom stereocenters. The van der Waals surface area contributed by atoms with Crippen LogP contribution in [0.2, 0.25) is 10.0 Å². The summed E-state index contributed by atoms with van der Waals surface area (Å²) in [6.45, 7) is 2.26. The number of rotatable bonds is 4. The molecule has 3 N–H and O–H groups in total. The predicted molar refractivity (Wildman–Crippen MR) is 79.5 cm³/mol. The first-order chi connectivity index (χ1) is 9.04. The van der Waals surface area contributed by atoms with Gasteiger partial charge in [-0.25, -0.2) is 0 Å². The highest BCUT2D eigenvalue weighted by Gasteiger charge is 2.21. The van der Waals surface area contributed by atoms with Gasteiger partial charge in [0.15, 0.2) is 0 Å². The van der Waals surface area contributed by atoms with Gasteiger partial charge < -0.3 is 11.1 Å². The third-order valence-corrected chi connectivity index (χ3v) is 3.85. The molecule has 1 amide bonds. The second-order valence-electron chi connectivity index (χ2n) is 4.14. The van der Waals surface area contributed by atoms with Crippen molar-refractivity contribution in [3.63, 3.8) is 0 Å². The number of halogens is 2. The van der Waals surface area contributed by atoms with Gasteiger partial charge in [-0.2, -0.15) is 8.73 Å². The van der Waals surface area contributed by atoms with Gasteiger partial charge in [-0.3, -0.25) is 4.79 Å². The van der Waals surface area contributed by atoms with Gasteiger partial charge in [0.1, 0.15) is 11.4 Å². The molecule has 1 aromatic carbocycles. The quantitative estimate of drug-likeness (QED) is 0.902. The lowest BCUT2D eigenvalue weighted by atomic mass is 10.1. The molecule has 1 atom stereocenters. The van der Waals surface area contributed by atoms with E-state index in [0.717, 1.165) is 11.4 Å². The SMILES string of the molecule is CC(CCN)C(=O)Nc1c(Cl)cc(Cl)c2c1N=S=N2. The summed E-state index contributed by atoms with van der Waals surface area (Å²) in [4.78, 5) is 12.0. The van der Waals surface area contributed by atoms with Gasteiger partial charge in [0.05, 0.1) is 27.1 Å². The second-order valence-corrected chi connectivity index (χ2v) is 5.49. The minimum atomic E-state index is -0.196. The van der Waals surface area contributed by atoms with Crippen molar-refractivity contribution in [1.29, 1.82) is 0 Å². The minimum absolute atomic E-state index is 0.149. The lowest BCUT2D eigenvalue weighted by molar-refractivity contribution is -0.119. The fourth-order valence-electron chi connectivity index (χ4n) is 1.62. The van der Waals surface area contributed by atoms with Crippen molar-refractivity contribution < 1.29 is 4.79 Å². The van der Waals surface area contributed by atoms with Gasteiger partial charge in [-0.05, 0) is 19.0 Å². The van der Waals surface area contributed by atoms with E-state index >= 15 is 0 Å². The number of anilines is 1. The van der Waals surface area contributed by atoms with E-state index in [-0.39, 0.29) is 11.8 Å². The molecule has 0 saturated heterocycles. The van der Waals surface area contributed by atoms with Crippen LogP contribution in [-0.4, -0.2) is 12.5 Å². The number of nitrogens with two attached hydrogens (primary N) is 1. The van der Waals surface area contributed by atoms with Crippen molar-refractivity contribution in [1.82, 2.24) is 0 Å².